The molecule has 0 aliphatic carbocycles. The number of anilines is 1. The first-order chi connectivity index (χ1) is 21.5. The molecule has 0 radical (unpaired) electrons. The quantitative estimate of drug-likeness (QED) is 0.233. The van der Waals surface area contributed by atoms with Crippen molar-refractivity contribution in [1.29, 1.82) is 0 Å². The largest absolute Gasteiger partial charge is 0.446 e. The molecule has 0 aromatic heterocycles. The number of para-hydroxylation sites is 1. The predicted molar refractivity (Wildman–Crippen MR) is 176 cm³/mol. The highest BCUT2D eigenvalue weighted by atomic mass is 16.6. The standard InChI is InChI=1S/C35H51N5O4/c1-2-37-34(42)29-14-11-22-40(27-29)21-10-4-7-15-30(41)26-36-20-25-39-23-18-31(19-24-39)44-35(43)38-33-17-9-8-16-32(33)28-12-5-3-6-13-28/h3,5-6,8-9,12-13,16-17,29,31,36H,2,4,7,10-11,14-15,18-27H2,1H3,(H,37,42)(H,38,43)/t29-/m1/s1. The van der Waals surface area contributed by atoms with E-state index >= 15 is 0 Å². The Morgan fingerprint density at radius 3 is 2.43 bits per heavy atom. The fraction of sp³-hybridized carbons (Fsp3) is 0.571. The number of piperidine rings is 2. The molecule has 2 fully saturated rings. The van der Waals surface area contributed by atoms with Crippen LogP contribution in [0, 0.1) is 5.92 Å². The summed E-state index contributed by atoms with van der Waals surface area (Å²) in [6.07, 6.45) is 6.83. The van der Waals surface area contributed by atoms with Gasteiger partial charge in [0.2, 0.25) is 5.91 Å². The van der Waals surface area contributed by atoms with Crippen LogP contribution in [0.3, 0.4) is 0 Å². The lowest BCUT2D eigenvalue weighted by molar-refractivity contribution is -0.126. The Balaban J connectivity index is 1.01. The molecular weight excluding hydrogens is 554 g/mol. The fourth-order valence-electron chi connectivity index (χ4n) is 6.18. The maximum absolute atomic E-state index is 12.7. The Morgan fingerprint density at radius 2 is 1.64 bits per heavy atom. The van der Waals surface area contributed by atoms with Crippen LogP contribution in [0.1, 0.15) is 58.3 Å². The number of nitrogens with one attached hydrogen (secondary N) is 3. The molecule has 0 bridgehead atoms. The van der Waals surface area contributed by atoms with Crippen LogP contribution in [0.2, 0.25) is 0 Å². The first kappa shape index (κ1) is 33.6. The minimum absolute atomic E-state index is 0.0958. The van der Waals surface area contributed by atoms with Gasteiger partial charge in [0.25, 0.3) is 0 Å². The van der Waals surface area contributed by atoms with Gasteiger partial charge in [0, 0.05) is 51.3 Å². The van der Waals surface area contributed by atoms with Crippen molar-refractivity contribution in [2.24, 2.45) is 5.92 Å². The molecule has 2 aliphatic heterocycles. The smallest absolute Gasteiger partial charge is 0.411 e. The van der Waals surface area contributed by atoms with E-state index in [-0.39, 0.29) is 23.7 Å². The molecule has 9 heteroatoms. The van der Waals surface area contributed by atoms with Gasteiger partial charge in [-0.1, -0.05) is 55.0 Å². The molecule has 240 valence electrons. The van der Waals surface area contributed by atoms with Crippen LogP contribution in [0.15, 0.2) is 54.6 Å². The van der Waals surface area contributed by atoms with Crippen molar-refractivity contribution in [1.82, 2.24) is 20.4 Å². The van der Waals surface area contributed by atoms with E-state index in [2.05, 4.69) is 25.8 Å². The monoisotopic (exact) mass is 605 g/mol. The summed E-state index contributed by atoms with van der Waals surface area (Å²) < 4.78 is 5.75. The van der Waals surface area contributed by atoms with Gasteiger partial charge in [0.05, 0.1) is 18.2 Å². The zero-order chi connectivity index (χ0) is 31.0. The van der Waals surface area contributed by atoms with Crippen LogP contribution in [0.4, 0.5) is 10.5 Å². The van der Waals surface area contributed by atoms with Crippen molar-refractivity contribution in [2.75, 3.05) is 64.2 Å². The lowest BCUT2D eigenvalue weighted by Gasteiger charge is -2.31. The Bertz CT molecular complexity index is 1170. The maximum atomic E-state index is 12.7. The number of rotatable bonds is 16. The van der Waals surface area contributed by atoms with Crippen LogP contribution in [0.5, 0.6) is 0 Å². The average Bonchev–Trinajstić information content (AvgIpc) is 3.04. The number of carbonyl (C=O) groups excluding carboxylic acids is 3. The molecule has 0 unspecified atom stereocenters. The summed E-state index contributed by atoms with van der Waals surface area (Å²) in [5.41, 5.74) is 2.75. The third-order valence-electron chi connectivity index (χ3n) is 8.64. The molecule has 2 aromatic rings. The van der Waals surface area contributed by atoms with Gasteiger partial charge in [0.15, 0.2) is 0 Å². The number of hydrogen-bond donors (Lipinski definition) is 3. The van der Waals surface area contributed by atoms with Gasteiger partial charge in [-0.2, -0.15) is 0 Å². The highest BCUT2D eigenvalue weighted by Crippen LogP contribution is 2.28. The van der Waals surface area contributed by atoms with E-state index in [0.29, 0.717) is 19.5 Å². The number of Topliss-reactive ketones (excluding diaryl/α,β-unsaturated/α-hetero) is 1. The van der Waals surface area contributed by atoms with Gasteiger partial charge in [-0.3, -0.25) is 14.9 Å². The molecule has 4 rings (SSSR count). The zero-order valence-corrected chi connectivity index (χ0v) is 26.4. The molecule has 2 amide bonds. The minimum Gasteiger partial charge on any atom is -0.446 e. The maximum Gasteiger partial charge on any atom is 0.411 e. The number of nitrogens with zero attached hydrogens (tertiary/aromatic N) is 2. The van der Waals surface area contributed by atoms with Crippen LogP contribution in [-0.4, -0.2) is 92.6 Å². The highest BCUT2D eigenvalue weighted by Gasteiger charge is 2.25. The highest BCUT2D eigenvalue weighted by molar-refractivity contribution is 5.91. The summed E-state index contributed by atoms with van der Waals surface area (Å²) >= 11 is 0. The van der Waals surface area contributed by atoms with Gasteiger partial charge in [0.1, 0.15) is 11.9 Å². The van der Waals surface area contributed by atoms with Gasteiger partial charge in [-0.25, -0.2) is 4.79 Å². The summed E-state index contributed by atoms with van der Waals surface area (Å²) in [6, 6.07) is 17.8. The average molecular weight is 606 g/mol. The number of amides is 2. The van der Waals surface area contributed by atoms with Crippen LogP contribution in [0.25, 0.3) is 11.1 Å². The Morgan fingerprint density at radius 1 is 0.864 bits per heavy atom. The molecular formula is C35H51N5O4. The summed E-state index contributed by atoms with van der Waals surface area (Å²) in [6.45, 7) is 9.42. The van der Waals surface area contributed by atoms with Crippen LogP contribution in [-0.2, 0) is 14.3 Å². The van der Waals surface area contributed by atoms with E-state index < -0.39 is 6.09 Å². The van der Waals surface area contributed by atoms with Crippen LogP contribution < -0.4 is 16.0 Å². The lowest BCUT2D eigenvalue weighted by Crippen LogP contribution is -2.43. The van der Waals surface area contributed by atoms with Crippen molar-refractivity contribution < 1.29 is 19.1 Å². The molecule has 0 saturated carbocycles. The predicted octanol–water partition coefficient (Wildman–Crippen LogP) is 4.93. The number of likely N-dealkylation sites (tertiary alicyclic amines) is 2. The molecule has 2 saturated heterocycles. The second-order valence-corrected chi connectivity index (χ2v) is 12.0. The Hall–Kier alpha value is -3.27. The first-order valence-electron chi connectivity index (χ1n) is 16.6. The number of ether oxygens (including phenoxy) is 1. The Labute approximate surface area is 263 Å². The third kappa shape index (κ3) is 11.3. The number of unbranched alkanes of at least 4 members (excludes halogenated alkanes) is 2. The van der Waals surface area contributed by atoms with Gasteiger partial charge < -0.3 is 25.2 Å². The van der Waals surface area contributed by atoms with E-state index in [1.54, 1.807) is 0 Å². The molecule has 9 nitrogen and oxygen atoms in total. The topological polar surface area (TPSA) is 103 Å². The van der Waals surface area contributed by atoms with Crippen molar-refractivity contribution in [3.63, 3.8) is 0 Å². The van der Waals surface area contributed by atoms with E-state index in [1.165, 1.54) is 0 Å². The van der Waals surface area contributed by atoms with Crippen molar-refractivity contribution in [2.45, 2.75) is 64.4 Å². The second kappa shape index (κ2) is 18.5. The molecule has 2 heterocycles. The molecule has 3 N–H and O–H groups in total. The molecule has 44 heavy (non-hydrogen) atoms. The number of hydrogen-bond acceptors (Lipinski definition) is 7. The molecule has 1 atom stereocenters. The van der Waals surface area contributed by atoms with Gasteiger partial charge >= 0.3 is 6.09 Å². The molecule has 2 aromatic carbocycles. The van der Waals surface area contributed by atoms with E-state index in [0.717, 1.165) is 108 Å². The zero-order valence-electron chi connectivity index (χ0n) is 26.4. The van der Waals surface area contributed by atoms with Gasteiger partial charge in [-0.15, -0.1) is 0 Å². The number of benzene rings is 2. The first-order valence-corrected chi connectivity index (χ1v) is 16.6. The van der Waals surface area contributed by atoms with Gasteiger partial charge in [-0.05, 0) is 70.2 Å². The SMILES string of the molecule is CCNC(=O)[C@@H]1CCCN(CCCCCC(=O)CNCCN2CCC(OC(=O)Nc3ccccc3-c3ccccc3)CC2)C1. The summed E-state index contributed by atoms with van der Waals surface area (Å²) in [7, 11) is 0. The lowest BCUT2D eigenvalue weighted by atomic mass is 9.97. The number of carbonyl (C=O) groups is 3. The third-order valence-corrected chi connectivity index (χ3v) is 8.64. The van der Waals surface area contributed by atoms with Crippen molar-refractivity contribution in [3.05, 3.63) is 54.6 Å². The second-order valence-electron chi connectivity index (χ2n) is 12.0. The van der Waals surface area contributed by atoms with E-state index in [1.807, 2.05) is 61.5 Å². The van der Waals surface area contributed by atoms with Crippen molar-refractivity contribution in [3.8, 4) is 11.1 Å². The Kier molecular flexibility index (Phi) is 14.1. The molecule has 0 spiro atoms. The summed E-state index contributed by atoms with van der Waals surface area (Å²) in [4.78, 5) is 41.9. The summed E-state index contributed by atoms with van der Waals surface area (Å²) in [5, 5.41) is 9.19. The van der Waals surface area contributed by atoms with E-state index in [9.17, 15) is 14.4 Å². The molecule has 2 aliphatic rings. The van der Waals surface area contributed by atoms with Crippen LogP contribution >= 0.6 is 0 Å². The normalized spacial score (nSPS) is 18.1. The fourth-order valence-corrected chi connectivity index (χ4v) is 6.18. The van der Waals surface area contributed by atoms with E-state index in [4.69, 9.17) is 4.74 Å². The minimum atomic E-state index is -0.413. The summed E-state index contributed by atoms with van der Waals surface area (Å²) in [5.74, 6) is 0.582. The van der Waals surface area contributed by atoms with Crippen molar-refractivity contribution >= 4 is 23.5 Å². The number of ketones is 1.